The Kier molecular flexibility index (Phi) is 5.21. The Labute approximate surface area is 188 Å². The number of carbonyl (C=O) groups excluding carboxylic acids is 4. The zero-order chi connectivity index (χ0) is 22.4. The van der Waals surface area contributed by atoms with Crippen LogP contribution < -0.4 is 4.74 Å². The molecule has 2 aromatic rings. The van der Waals surface area contributed by atoms with Gasteiger partial charge in [-0.05, 0) is 55.2 Å². The van der Waals surface area contributed by atoms with E-state index in [1.807, 2.05) is 0 Å². The van der Waals surface area contributed by atoms with Gasteiger partial charge < -0.3 is 14.2 Å². The minimum atomic E-state index is -0.609. The first-order valence-electron chi connectivity index (χ1n) is 10.4. The molecule has 0 spiro atoms. The molecule has 1 saturated heterocycles. The van der Waals surface area contributed by atoms with Crippen LogP contribution in [0, 0.1) is 23.7 Å². The largest absolute Gasteiger partial charge is 0.462 e. The molecule has 5 atom stereocenters. The Bertz CT molecular complexity index is 1110. The molecular weight excluding hydrogens is 436 g/mol. The van der Waals surface area contributed by atoms with E-state index in [0.717, 1.165) is 6.42 Å². The van der Waals surface area contributed by atoms with Gasteiger partial charge in [0, 0.05) is 11.5 Å². The predicted octanol–water partition coefficient (Wildman–Crippen LogP) is 3.48. The molecule has 0 radical (unpaired) electrons. The van der Waals surface area contributed by atoms with Crippen LogP contribution in [0.25, 0.3) is 0 Å². The lowest BCUT2D eigenvalue weighted by Gasteiger charge is -2.22. The first kappa shape index (κ1) is 20.7. The summed E-state index contributed by atoms with van der Waals surface area (Å²) in [5, 5.41) is 0.281. The quantitative estimate of drug-likeness (QED) is 0.374. The van der Waals surface area contributed by atoms with Crippen LogP contribution >= 0.6 is 11.6 Å². The Morgan fingerprint density at radius 2 is 1.78 bits per heavy atom. The third-order valence-electron chi connectivity index (χ3n) is 6.58. The summed E-state index contributed by atoms with van der Waals surface area (Å²) in [6, 6.07) is 12.5. The van der Waals surface area contributed by atoms with Crippen LogP contribution in [0.3, 0.4) is 0 Å². The summed E-state index contributed by atoms with van der Waals surface area (Å²) in [6.45, 7) is -0.420. The highest BCUT2D eigenvalue weighted by Gasteiger charge is 2.64. The molecule has 0 unspecified atom stereocenters. The monoisotopic (exact) mass is 454 g/mol. The molecule has 2 aliphatic carbocycles. The summed E-state index contributed by atoms with van der Waals surface area (Å²) >= 11 is 6.00. The molecule has 5 rings (SSSR count). The second kappa shape index (κ2) is 8.06. The van der Waals surface area contributed by atoms with Gasteiger partial charge in [0.2, 0.25) is 0 Å². The van der Waals surface area contributed by atoms with Gasteiger partial charge >= 0.3 is 17.9 Å². The van der Waals surface area contributed by atoms with Gasteiger partial charge in [-0.15, -0.1) is 0 Å². The maximum Gasteiger partial charge on any atom is 0.345 e. The summed E-state index contributed by atoms with van der Waals surface area (Å²) < 4.78 is 15.9. The van der Waals surface area contributed by atoms with Gasteiger partial charge in [0.1, 0.15) is 11.9 Å². The molecule has 164 valence electrons. The zero-order valence-corrected chi connectivity index (χ0v) is 17.6. The number of rotatable bonds is 6. The highest BCUT2D eigenvalue weighted by Crippen LogP contribution is 2.57. The molecule has 2 saturated carbocycles. The van der Waals surface area contributed by atoms with Crippen LogP contribution in [0.5, 0.6) is 5.75 Å². The smallest absolute Gasteiger partial charge is 0.345 e. The van der Waals surface area contributed by atoms with Crippen molar-refractivity contribution >= 4 is 35.3 Å². The summed E-state index contributed by atoms with van der Waals surface area (Å²) in [5.74, 6) is -2.37. The molecule has 8 heteroatoms. The van der Waals surface area contributed by atoms with E-state index in [9.17, 15) is 19.2 Å². The van der Waals surface area contributed by atoms with E-state index >= 15 is 0 Å². The van der Waals surface area contributed by atoms with E-state index < -0.39 is 36.2 Å². The molecule has 0 amide bonds. The van der Waals surface area contributed by atoms with Crippen molar-refractivity contribution in [2.24, 2.45) is 23.7 Å². The number of ether oxygens (including phenoxy) is 3. The van der Waals surface area contributed by atoms with Crippen molar-refractivity contribution in [3.63, 3.8) is 0 Å². The van der Waals surface area contributed by atoms with Crippen LogP contribution in [0.4, 0.5) is 0 Å². The molecule has 0 N–H and O–H groups in total. The number of fused-ring (bicyclic) bond motifs is 1. The van der Waals surface area contributed by atoms with Crippen molar-refractivity contribution in [3.8, 4) is 5.75 Å². The van der Waals surface area contributed by atoms with Gasteiger partial charge in [-0.1, -0.05) is 23.7 Å². The van der Waals surface area contributed by atoms with Crippen molar-refractivity contribution in [2.45, 2.75) is 18.9 Å². The van der Waals surface area contributed by atoms with Crippen LogP contribution in [0.1, 0.15) is 33.6 Å². The van der Waals surface area contributed by atoms with Gasteiger partial charge in [-0.3, -0.25) is 14.4 Å². The zero-order valence-electron chi connectivity index (χ0n) is 16.9. The van der Waals surface area contributed by atoms with Crippen molar-refractivity contribution in [3.05, 3.63) is 64.7 Å². The van der Waals surface area contributed by atoms with Gasteiger partial charge in [0.05, 0.1) is 22.4 Å². The molecule has 2 aromatic carbocycles. The standard InChI is InChI=1S/C24H19ClO7/c25-17-4-2-1-3-15(17)22(27)31-14-7-5-12(6-8-14)18(26)11-30-23(28)20-13-9-16-19(10-13)32-24(29)21(16)20/h1-8,13,16,19-21H,9-11H2/t13-,16+,19-,20-,21+/m1/s1. The summed E-state index contributed by atoms with van der Waals surface area (Å²) in [5.41, 5.74) is 0.544. The maximum atomic E-state index is 12.6. The predicted molar refractivity (Wildman–Crippen MR) is 111 cm³/mol. The number of hydrogen-bond acceptors (Lipinski definition) is 7. The minimum absolute atomic E-state index is 0.0614. The summed E-state index contributed by atoms with van der Waals surface area (Å²) in [7, 11) is 0. The van der Waals surface area contributed by atoms with E-state index in [1.165, 1.54) is 24.3 Å². The lowest BCUT2D eigenvalue weighted by atomic mass is 9.80. The second-order valence-corrected chi connectivity index (χ2v) is 8.75. The third-order valence-corrected chi connectivity index (χ3v) is 6.91. The van der Waals surface area contributed by atoms with Crippen LogP contribution in [-0.4, -0.2) is 36.4 Å². The Hall–Kier alpha value is -3.19. The molecule has 7 nitrogen and oxygen atoms in total. The molecule has 32 heavy (non-hydrogen) atoms. The van der Waals surface area contributed by atoms with E-state index in [0.29, 0.717) is 12.0 Å². The number of Topliss-reactive ketones (excluding diaryl/α,β-unsaturated/α-hetero) is 1. The lowest BCUT2D eigenvalue weighted by molar-refractivity contribution is -0.154. The molecule has 1 heterocycles. The highest BCUT2D eigenvalue weighted by molar-refractivity contribution is 6.33. The first-order valence-corrected chi connectivity index (χ1v) is 10.8. The average molecular weight is 455 g/mol. The SMILES string of the molecule is O=C(COC(=O)[C@@H]1[C@@H]2C[C@@H]3[C@@H]1C(=O)O[C@@H]3C2)c1ccc(OC(=O)c2ccccc2Cl)cc1. The first-order chi connectivity index (χ1) is 15.4. The lowest BCUT2D eigenvalue weighted by Crippen LogP contribution is -2.34. The van der Waals surface area contributed by atoms with Crippen LogP contribution in [0.15, 0.2) is 48.5 Å². The summed E-state index contributed by atoms with van der Waals surface area (Å²) in [6.07, 6.45) is 1.42. The number of carbonyl (C=O) groups is 4. The van der Waals surface area contributed by atoms with Crippen molar-refractivity contribution < 1.29 is 33.4 Å². The van der Waals surface area contributed by atoms with Gasteiger partial charge in [-0.2, -0.15) is 0 Å². The normalized spacial score (nSPS) is 27.2. The second-order valence-electron chi connectivity index (χ2n) is 8.35. The Morgan fingerprint density at radius 3 is 2.53 bits per heavy atom. The fourth-order valence-corrected chi connectivity index (χ4v) is 5.35. The third kappa shape index (κ3) is 3.56. The molecule has 0 aromatic heterocycles. The molecule has 2 bridgehead atoms. The van der Waals surface area contributed by atoms with Gasteiger partial charge in [0.25, 0.3) is 0 Å². The van der Waals surface area contributed by atoms with Gasteiger partial charge in [0.15, 0.2) is 12.4 Å². The van der Waals surface area contributed by atoms with E-state index in [-0.39, 0.29) is 40.2 Å². The van der Waals surface area contributed by atoms with Crippen LogP contribution in [-0.2, 0) is 19.1 Å². The number of esters is 3. The Morgan fingerprint density at radius 1 is 1.03 bits per heavy atom. The fourth-order valence-electron chi connectivity index (χ4n) is 5.14. The number of ketones is 1. The fraction of sp³-hybridized carbons (Fsp3) is 0.333. The Balaban J connectivity index is 1.17. The van der Waals surface area contributed by atoms with E-state index in [2.05, 4.69) is 0 Å². The van der Waals surface area contributed by atoms with E-state index in [1.54, 1.807) is 24.3 Å². The average Bonchev–Trinajstić information content (AvgIpc) is 3.41. The molecule has 3 aliphatic rings. The van der Waals surface area contributed by atoms with Crippen LogP contribution in [0.2, 0.25) is 5.02 Å². The number of hydrogen-bond donors (Lipinski definition) is 0. The number of halogens is 1. The van der Waals surface area contributed by atoms with Crippen molar-refractivity contribution in [1.82, 2.24) is 0 Å². The highest BCUT2D eigenvalue weighted by atomic mass is 35.5. The molecule has 3 fully saturated rings. The topological polar surface area (TPSA) is 96.0 Å². The maximum absolute atomic E-state index is 12.6. The molecular formula is C24H19ClO7. The van der Waals surface area contributed by atoms with Gasteiger partial charge in [-0.25, -0.2) is 4.79 Å². The minimum Gasteiger partial charge on any atom is -0.462 e. The van der Waals surface area contributed by atoms with E-state index in [4.69, 9.17) is 25.8 Å². The number of benzene rings is 2. The van der Waals surface area contributed by atoms with Crippen molar-refractivity contribution in [1.29, 1.82) is 0 Å². The molecule has 1 aliphatic heterocycles. The van der Waals surface area contributed by atoms with Crippen molar-refractivity contribution in [2.75, 3.05) is 6.61 Å². The summed E-state index contributed by atoms with van der Waals surface area (Å²) in [4.78, 5) is 49.3.